The molecule has 0 aromatic rings. The van der Waals surface area contributed by atoms with E-state index in [1.54, 1.807) is 13.8 Å². The third-order valence-corrected chi connectivity index (χ3v) is 3.51. The molecular formula is C12H23N3O2. The van der Waals surface area contributed by atoms with Gasteiger partial charge in [0.2, 0.25) is 5.91 Å². The predicted octanol–water partition coefficient (Wildman–Crippen LogP) is 1.60. The van der Waals surface area contributed by atoms with Crippen LogP contribution in [0, 0.1) is 5.41 Å². The number of carbonyl (C=O) groups is 1. The normalized spacial score (nSPS) is 19.8. The fourth-order valence-electron chi connectivity index (χ4n) is 2.03. The van der Waals surface area contributed by atoms with Crippen LogP contribution in [0.4, 0.5) is 0 Å². The number of hydrogen-bond donors (Lipinski definition) is 3. The SMILES string of the molecule is CC(C)(C(=O)NC1CCCCCC1)C(N)=NO. The number of amidine groups is 1. The van der Waals surface area contributed by atoms with Gasteiger partial charge in [0.25, 0.3) is 0 Å². The maximum absolute atomic E-state index is 12.1. The lowest BCUT2D eigenvalue weighted by Gasteiger charge is -2.25. The van der Waals surface area contributed by atoms with Gasteiger partial charge in [-0.2, -0.15) is 0 Å². The van der Waals surface area contributed by atoms with Crippen molar-refractivity contribution in [2.45, 2.75) is 58.4 Å². The highest BCUT2D eigenvalue weighted by Crippen LogP contribution is 2.20. The molecule has 0 heterocycles. The highest BCUT2D eigenvalue weighted by molar-refractivity contribution is 6.05. The van der Waals surface area contributed by atoms with Crippen LogP contribution >= 0.6 is 0 Å². The number of hydrogen-bond acceptors (Lipinski definition) is 3. The van der Waals surface area contributed by atoms with Gasteiger partial charge in [-0.05, 0) is 26.7 Å². The molecule has 0 spiro atoms. The highest BCUT2D eigenvalue weighted by atomic mass is 16.4. The largest absolute Gasteiger partial charge is 0.409 e. The van der Waals surface area contributed by atoms with E-state index in [1.807, 2.05) is 0 Å². The molecule has 0 radical (unpaired) electrons. The van der Waals surface area contributed by atoms with Crippen molar-refractivity contribution in [2.24, 2.45) is 16.3 Å². The number of nitrogens with one attached hydrogen (secondary N) is 1. The molecule has 5 nitrogen and oxygen atoms in total. The average Bonchev–Trinajstić information content (AvgIpc) is 2.56. The molecule has 0 saturated heterocycles. The van der Waals surface area contributed by atoms with Crippen LogP contribution in [0.2, 0.25) is 0 Å². The monoisotopic (exact) mass is 241 g/mol. The van der Waals surface area contributed by atoms with E-state index in [-0.39, 0.29) is 17.8 Å². The van der Waals surface area contributed by atoms with Gasteiger partial charge in [0.05, 0.1) is 0 Å². The van der Waals surface area contributed by atoms with Crippen LogP contribution in [0.25, 0.3) is 0 Å². The molecule has 0 bridgehead atoms. The summed E-state index contributed by atoms with van der Waals surface area (Å²) in [5.41, 5.74) is 4.57. The number of carbonyl (C=O) groups excluding carboxylic acids is 1. The molecule has 0 aromatic carbocycles. The Morgan fingerprint density at radius 1 is 1.29 bits per heavy atom. The topological polar surface area (TPSA) is 87.7 Å². The van der Waals surface area contributed by atoms with Crippen molar-refractivity contribution in [3.05, 3.63) is 0 Å². The Morgan fingerprint density at radius 2 is 1.82 bits per heavy atom. The van der Waals surface area contributed by atoms with E-state index >= 15 is 0 Å². The van der Waals surface area contributed by atoms with Crippen LogP contribution in [0.5, 0.6) is 0 Å². The van der Waals surface area contributed by atoms with E-state index in [0.717, 1.165) is 25.7 Å². The van der Waals surface area contributed by atoms with Crippen LogP contribution < -0.4 is 11.1 Å². The molecule has 1 fully saturated rings. The fourth-order valence-corrected chi connectivity index (χ4v) is 2.03. The molecule has 1 saturated carbocycles. The Morgan fingerprint density at radius 3 is 2.29 bits per heavy atom. The van der Waals surface area contributed by atoms with Gasteiger partial charge in [-0.3, -0.25) is 4.79 Å². The van der Waals surface area contributed by atoms with Crippen molar-refractivity contribution in [1.29, 1.82) is 0 Å². The second-order valence-corrected chi connectivity index (χ2v) is 5.27. The Kier molecular flexibility index (Phi) is 4.78. The van der Waals surface area contributed by atoms with Crippen LogP contribution in [0.15, 0.2) is 5.16 Å². The first-order valence-corrected chi connectivity index (χ1v) is 6.27. The lowest BCUT2D eigenvalue weighted by molar-refractivity contribution is -0.127. The lowest BCUT2D eigenvalue weighted by Crippen LogP contribution is -2.49. The number of rotatable bonds is 3. The lowest BCUT2D eigenvalue weighted by atomic mass is 9.90. The van der Waals surface area contributed by atoms with Crippen LogP contribution in [0.1, 0.15) is 52.4 Å². The van der Waals surface area contributed by atoms with Crippen molar-refractivity contribution < 1.29 is 10.0 Å². The zero-order valence-electron chi connectivity index (χ0n) is 10.7. The summed E-state index contributed by atoms with van der Waals surface area (Å²) in [6, 6.07) is 0.232. The maximum Gasteiger partial charge on any atom is 0.233 e. The molecule has 0 unspecified atom stereocenters. The van der Waals surface area contributed by atoms with E-state index in [9.17, 15) is 4.79 Å². The second-order valence-electron chi connectivity index (χ2n) is 5.27. The van der Waals surface area contributed by atoms with Crippen LogP contribution in [-0.4, -0.2) is 23.0 Å². The molecule has 0 aromatic heterocycles. The summed E-state index contributed by atoms with van der Waals surface area (Å²) in [7, 11) is 0. The second kappa shape index (κ2) is 5.89. The molecule has 1 amide bonds. The summed E-state index contributed by atoms with van der Waals surface area (Å²) in [4.78, 5) is 12.1. The van der Waals surface area contributed by atoms with Gasteiger partial charge in [-0.15, -0.1) is 0 Å². The Hall–Kier alpha value is -1.26. The molecule has 17 heavy (non-hydrogen) atoms. The smallest absolute Gasteiger partial charge is 0.233 e. The summed E-state index contributed by atoms with van der Waals surface area (Å²) in [5, 5.41) is 14.6. The molecule has 0 aliphatic heterocycles. The van der Waals surface area contributed by atoms with E-state index in [2.05, 4.69) is 10.5 Å². The number of oxime groups is 1. The zero-order valence-corrected chi connectivity index (χ0v) is 10.7. The minimum atomic E-state index is -0.957. The van der Waals surface area contributed by atoms with Crippen LogP contribution in [-0.2, 0) is 4.79 Å². The molecule has 98 valence electrons. The number of nitrogens with two attached hydrogens (primary N) is 1. The summed E-state index contributed by atoms with van der Waals surface area (Å²) in [6.45, 7) is 3.32. The summed E-state index contributed by atoms with van der Waals surface area (Å²) < 4.78 is 0. The Bertz CT molecular complexity index is 292. The van der Waals surface area contributed by atoms with Gasteiger partial charge < -0.3 is 16.3 Å². The van der Waals surface area contributed by atoms with Gasteiger partial charge in [0.15, 0.2) is 5.84 Å². The number of amides is 1. The Balaban J connectivity index is 2.58. The van der Waals surface area contributed by atoms with Crippen molar-refractivity contribution in [3.63, 3.8) is 0 Å². The van der Waals surface area contributed by atoms with Gasteiger partial charge in [-0.1, -0.05) is 30.8 Å². The summed E-state index contributed by atoms with van der Waals surface area (Å²) in [6.07, 6.45) is 6.87. The van der Waals surface area contributed by atoms with Crippen molar-refractivity contribution in [1.82, 2.24) is 5.32 Å². The summed E-state index contributed by atoms with van der Waals surface area (Å²) >= 11 is 0. The third kappa shape index (κ3) is 3.61. The molecule has 1 aliphatic rings. The molecule has 4 N–H and O–H groups in total. The quantitative estimate of drug-likeness (QED) is 0.230. The zero-order chi connectivity index (χ0) is 12.9. The number of nitrogens with zero attached hydrogens (tertiary/aromatic N) is 1. The minimum absolute atomic E-state index is 0.0522. The minimum Gasteiger partial charge on any atom is -0.409 e. The maximum atomic E-state index is 12.1. The van der Waals surface area contributed by atoms with Gasteiger partial charge in [-0.25, -0.2) is 0 Å². The van der Waals surface area contributed by atoms with E-state index in [4.69, 9.17) is 10.9 Å². The van der Waals surface area contributed by atoms with E-state index in [1.165, 1.54) is 12.8 Å². The van der Waals surface area contributed by atoms with Crippen molar-refractivity contribution >= 4 is 11.7 Å². The Labute approximate surface area is 102 Å². The van der Waals surface area contributed by atoms with Gasteiger partial charge in [0.1, 0.15) is 5.41 Å². The standard InChI is InChI=1S/C12H23N3O2/c1-12(2,10(13)15-17)11(16)14-9-7-5-3-4-6-8-9/h9,17H,3-8H2,1-2H3,(H2,13,15)(H,14,16). The predicted molar refractivity (Wildman–Crippen MR) is 66.8 cm³/mol. The van der Waals surface area contributed by atoms with Gasteiger partial charge in [0, 0.05) is 6.04 Å². The molecule has 1 rings (SSSR count). The average molecular weight is 241 g/mol. The fraction of sp³-hybridized carbons (Fsp3) is 0.833. The third-order valence-electron chi connectivity index (χ3n) is 3.51. The van der Waals surface area contributed by atoms with Gasteiger partial charge >= 0.3 is 0 Å². The molecule has 0 atom stereocenters. The van der Waals surface area contributed by atoms with Crippen molar-refractivity contribution in [3.8, 4) is 0 Å². The van der Waals surface area contributed by atoms with Crippen molar-refractivity contribution in [2.75, 3.05) is 0 Å². The first-order valence-electron chi connectivity index (χ1n) is 6.27. The highest BCUT2D eigenvalue weighted by Gasteiger charge is 2.34. The summed E-state index contributed by atoms with van der Waals surface area (Å²) in [5.74, 6) is -0.219. The first-order chi connectivity index (χ1) is 7.98. The molecule has 1 aliphatic carbocycles. The first kappa shape index (κ1) is 13.8. The van der Waals surface area contributed by atoms with E-state index in [0.29, 0.717) is 0 Å². The van der Waals surface area contributed by atoms with Crippen LogP contribution in [0.3, 0.4) is 0 Å². The molecule has 5 heteroatoms. The molecular weight excluding hydrogens is 218 g/mol. The van der Waals surface area contributed by atoms with E-state index < -0.39 is 5.41 Å².